The van der Waals surface area contributed by atoms with E-state index >= 15 is 0 Å². The van der Waals surface area contributed by atoms with Crippen LogP contribution in [0.2, 0.25) is 0 Å². The lowest BCUT2D eigenvalue weighted by molar-refractivity contribution is 0.170. The summed E-state index contributed by atoms with van der Waals surface area (Å²) < 4.78 is 20.7. The van der Waals surface area contributed by atoms with Crippen molar-refractivity contribution in [3.05, 3.63) is 54.1 Å². The number of benzene rings is 1. The average Bonchev–Trinajstić information content (AvgIpc) is 3.21. The fourth-order valence-electron chi connectivity index (χ4n) is 2.94. The van der Waals surface area contributed by atoms with Gasteiger partial charge in [0.25, 0.3) is 0 Å². The molecule has 0 bridgehead atoms. The van der Waals surface area contributed by atoms with Crippen LogP contribution >= 0.6 is 0 Å². The normalized spacial score (nSPS) is 17.0. The number of aromatic nitrogens is 3. The van der Waals surface area contributed by atoms with Crippen molar-refractivity contribution in [2.75, 3.05) is 11.1 Å². The number of furan rings is 1. The minimum atomic E-state index is -1.61. The molecule has 0 saturated heterocycles. The first-order valence-electron chi connectivity index (χ1n) is 8.14. The molecule has 128 valence electrons. The number of hydrogen-bond donors (Lipinski definition) is 2. The van der Waals surface area contributed by atoms with E-state index in [2.05, 4.69) is 20.3 Å². The first kappa shape index (κ1) is 15.6. The summed E-state index contributed by atoms with van der Waals surface area (Å²) >= 11 is 0. The van der Waals surface area contributed by atoms with Crippen LogP contribution in [0.1, 0.15) is 37.4 Å². The van der Waals surface area contributed by atoms with Crippen molar-refractivity contribution in [3.8, 4) is 0 Å². The molecule has 25 heavy (non-hydrogen) atoms. The zero-order valence-corrected chi connectivity index (χ0v) is 13.7. The van der Waals surface area contributed by atoms with Gasteiger partial charge in [-0.05, 0) is 19.1 Å². The number of nitrogens with two attached hydrogens (primary N) is 1. The Morgan fingerprint density at radius 3 is 2.72 bits per heavy atom. The first-order chi connectivity index (χ1) is 12.0. The fraction of sp³-hybridized carbons (Fsp3) is 0.278. The lowest BCUT2D eigenvalue weighted by Gasteiger charge is -2.19. The fourth-order valence-corrected chi connectivity index (χ4v) is 2.94. The van der Waals surface area contributed by atoms with Crippen LogP contribution in [0.4, 0.5) is 16.3 Å². The third-order valence-corrected chi connectivity index (χ3v) is 4.32. The Labute approximate surface area is 144 Å². The Hall–Kier alpha value is -2.96. The van der Waals surface area contributed by atoms with Crippen LogP contribution in [0.25, 0.3) is 11.0 Å². The number of anilines is 2. The zero-order valence-electron chi connectivity index (χ0n) is 13.7. The highest BCUT2D eigenvalue weighted by Gasteiger charge is 2.36. The largest absolute Gasteiger partial charge is 0.459 e. The van der Waals surface area contributed by atoms with E-state index in [4.69, 9.17) is 10.2 Å². The maximum Gasteiger partial charge on any atom is 0.228 e. The molecule has 0 aliphatic heterocycles. The lowest BCUT2D eigenvalue weighted by Crippen LogP contribution is -2.22. The molecular weight excluding hydrogens is 321 g/mol. The number of halogens is 1. The second kappa shape index (κ2) is 5.84. The summed E-state index contributed by atoms with van der Waals surface area (Å²) in [7, 11) is 0. The van der Waals surface area contributed by atoms with Gasteiger partial charge in [-0.3, -0.25) is 0 Å². The number of fused-ring (bicyclic) bond motifs is 1. The molecule has 1 aliphatic carbocycles. The van der Waals surface area contributed by atoms with E-state index in [-0.39, 0.29) is 36.6 Å². The Morgan fingerprint density at radius 1 is 1.20 bits per heavy atom. The van der Waals surface area contributed by atoms with Gasteiger partial charge in [-0.25, -0.2) is 4.39 Å². The van der Waals surface area contributed by atoms with Gasteiger partial charge in [0.15, 0.2) is 11.5 Å². The Kier molecular flexibility index (Phi) is 3.63. The lowest BCUT2D eigenvalue weighted by atomic mass is 10.0. The maximum absolute atomic E-state index is 14.9. The van der Waals surface area contributed by atoms with Gasteiger partial charge in [-0.2, -0.15) is 15.0 Å². The van der Waals surface area contributed by atoms with Gasteiger partial charge in [0.05, 0.1) is 6.04 Å². The molecule has 7 heteroatoms. The zero-order chi connectivity index (χ0) is 17.4. The molecule has 6 nitrogen and oxygen atoms in total. The van der Waals surface area contributed by atoms with E-state index in [1.165, 1.54) is 0 Å². The Morgan fingerprint density at radius 2 is 1.96 bits per heavy atom. The molecule has 0 spiro atoms. The molecule has 4 rings (SSSR count). The summed E-state index contributed by atoms with van der Waals surface area (Å²) in [4.78, 5) is 12.3. The molecule has 1 atom stereocenters. The van der Waals surface area contributed by atoms with E-state index in [1.54, 1.807) is 12.2 Å². The van der Waals surface area contributed by atoms with Gasteiger partial charge in [0.2, 0.25) is 11.9 Å². The predicted molar refractivity (Wildman–Crippen MR) is 93.7 cm³/mol. The number of alkyl halides is 1. The highest BCUT2D eigenvalue weighted by Crippen LogP contribution is 2.37. The average molecular weight is 339 g/mol. The standard InChI is InChI=1S/C18H18FN5O/c1-11(14-10-12-6-2-3-7-13(12)25-14)21-17-23-15(22-16(20)24-17)18(19)8-4-5-9-18/h2-7,10-11H,8-9H2,1H3,(H3,20,21,22,23,24). The number of allylic oxidation sites excluding steroid dienone is 2. The summed E-state index contributed by atoms with van der Waals surface area (Å²) in [6, 6.07) is 9.51. The monoisotopic (exact) mass is 339 g/mol. The van der Waals surface area contributed by atoms with E-state index in [0.717, 1.165) is 16.7 Å². The van der Waals surface area contributed by atoms with Crippen LogP contribution in [0.3, 0.4) is 0 Å². The molecule has 0 amide bonds. The summed E-state index contributed by atoms with van der Waals surface area (Å²) in [5.74, 6) is 1.02. The van der Waals surface area contributed by atoms with Gasteiger partial charge >= 0.3 is 0 Å². The van der Waals surface area contributed by atoms with Crippen molar-refractivity contribution in [1.82, 2.24) is 15.0 Å². The van der Waals surface area contributed by atoms with Crippen molar-refractivity contribution < 1.29 is 8.81 Å². The SMILES string of the molecule is CC(Nc1nc(N)nc(C2(F)CC=CC2)n1)c1cc2ccccc2o1. The number of hydrogen-bond acceptors (Lipinski definition) is 6. The predicted octanol–water partition coefficient (Wildman–Crippen LogP) is 3.89. The molecular formula is C18H18FN5O. The van der Waals surface area contributed by atoms with Crippen LogP contribution < -0.4 is 11.1 Å². The number of rotatable bonds is 4. The topological polar surface area (TPSA) is 89.9 Å². The maximum atomic E-state index is 14.9. The Bertz CT molecular complexity index is 911. The summed E-state index contributed by atoms with van der Waals surface area (Å²) in [6.07, 6.45) is 4.05. The third-order valence-electron chi connectivity index (χ3n) is 4.32. The molecule has 2 heterocycles. The quantitative estimate of drug-likeness (QED) is 0.701. The van der Waals surface area contributed by atoms with Crippen LogP contribution in [0.5, 0.6) is 0 Å². The highest BCUT2D eigenvalue weighted by atomic mass is 19.1. The smallest absolute Gasteiger partial charge is 0.228 e. The van der Waals surface area contributed by atoms with E-state index < -0.39 is 5.67 Å². The van der Waals surface area contributed by atoms with Gasteiger partial charge in [-0.1, -0.05) is 30.4 Å². The summed E-state index contributed by atoms with van der Waals surface area (Å²) in [6.45, 7) is 1.92. The van der Waals surface area contributed by atoms with E-state index in [1.807, 2.05) is 37.3 Å². The molecule has 0 saturated carbocycles. The number of para-hydroxylation sites is 1. The second-order valence-corrected chi connectivity index (χ2v) is 6.24. The number of nitrogen functional groups attached to an aromatic ring is 1. The summed E-state index contributed by atoms with van der Waals surface area (Å²) in [5.41, 5.74) is 4.94. The minimum absolute atomic E-state index is 0.00627. The minimum Gasteiger partial charge on any atom is -0.459 e. The Balaban J connectivity index is 1.60. The molecule has 1 aliphatic rings. The molecule has 2 aromatic heterocycles. The van der Waals surface area contributed by atoms with Gasteiger partial charge in [-0.15, -0.1) is 0 Å². The molecule has 0 fully saturated rings. The summed E-state index contributed by atoms with van der Waals surface area (Å²) in [5, 5.41) is 4.13. The second-order valence-electron chi connectivity index (χ2n) is 6.24. The highest BCUT2D eigenvalue weighted by molar-refractivity contribution is 5.77. The van der Waals surface area contributed by atoms with Crippen LogP contribution in [-0.4, -0.2) is 15.0 Å². The number of nitrogens with one attached hydrogen (secondary N) is 1. The molecule has 1 aromatic carbocycles. The van der Waals surface area contributed by atoms with Gasteiger partial charge in [0, 0.05) is 18.2 Å². The van der Waals surface area contributed by atoms with Crippen LogP contribution in [0, 0.1) is 0 Å². The van der Waals surface area contributed by atoms with E-state index in [9.17, 15) is 4.39 Å². The van der Waals surface area contributed by atoms with Crippen molar-refractivity contribution in [3.63, 3.8) is 0 Å². The number of nitrogens with zero attached hydrogens (tertiary/aromatic N) is 3. The van der Waals surface area contributed by atoms with Crippen molar-refractivity contribution >= 4 is 22.9 Å². The van der Waals surface area contributed by atoms with Crippen molar-refractivity contribution in [2.24, 2.45) is 0 Å². The molecule has 3 N–H and O–H groups in total. The first-order valence-corrected chi connectivity index (χ1v) is 8.14. The van der Waals surface area contributed by atoms with Gasteiger partial charge in [0.1, 0.15) is 11.3 Å². The molecule has 0 radical (unpaired) electrons. The van der Waals surface area contributed by atoms with Crippen molar-refractivity contribution in [1.29, 1.82) is 0 Å². The van der Waals surface area contributed by atoms with Crippen LogP contribution in [-0.2, 0) is 5.67 Å². The van der Waals surface area contributed by atoms with Crippen molar-refractivity contribution in [2.45, 2.75) is 31.5 Å². The van der Waals surface area contributed by atoms with Gasteiger partial charge < -0.3 is 15.5 Å². The van der Waals surface area contributed by atoms with E-state index in [0.29, 0.717) is 0 Å². The van der Waals surface area contributed by atoms with Crippen LogP contribution in [0.15, 0.2) is 46.9 Å². The molecule has 1 unspecified atom stereocenters. The molecule has 3 aromatic rings. The third kappa shape index (κ3) is 2.93.